The molecule has 19 heavy (non-hydrogen) atoms. The monoisotopic (exact) mass is 262 g/mol. The van der Waals surface area contributed by atoms with Gasteiger partial charge in [-0.1, -0.05) is 18.6 Å². The molecule has 0 spiro atoms. The average molecular weight is 262 g/mol. The van der Waals surface area contributed by atoms with E-state index in [9.17, 15) is 14.3 Å². The largest absolute Gasteiger partial charge is 0.481 e. The van der Waals surface area contributed by atoms with Crippen LogP contribution >= 0.6 is 0 Å². The van der Waals surface area contributed by atoms with Crippen LogP contribution < -0.4 is 0 Å². The van der Waals surface area contributed by atoms with Crippen molar-refractivity contribution in [1.82, 2.24) is 0 Å². The number of aliphatic carboxylic acids is 1. The van der Waals surface area contributed by atoms with Gasteiger partial charge in [0, 0.05) is 0 Å². The lowest BCUT2D eigenvalue weighted by Gasteiger charge is -2.27. The number of benzene rings is 1. The van der Waals surface area contributed by atoms with Gasteiger partial charge >= 0.3 is 5.97 Å². The summed E-state index contributed by atoms with van der Waals surface area (Å²) in [6, 6.07) is 6.34. The second-order valence-corrected chi connectivity index (χ2v) is 6.12. The normalized spacial score (nSPS) is 30.5. The zero-order valence-electron chi connectivity index (χ0n) is 10.9. The average Bonchev–Trinajstić information content (AvgIpc) is 2.97. The highest BCUT2D eigenvalue weighted by molar-refractivity contribution is 5.71. The molecule has 0 aromatic heterocycles. The molecule has 4 atom stereocenters. The third-order valence-corrected chi connectivity index (χ3v) is 4.97. The van der Waals surface area contributed by atoms with Gasteiger partial charge in [-0.25, -0.2) is 4.39 Å². The summed E-state index contributed by atoms with van der Waals surface area (Å²) >= 11 is 0. The molecule has 3 heteroatoms. The summed E-state index contributed by atoms with van der Waals surface area (Å²) in [5, 5.41) is 9.50. The fourth-order valence-electron chi connectivity index (χ4n) is 4.13. The Hall–Kier alpha value is -1.38. The summed E-state index contributed by atoms with van der Waals surface area (Å²) in [6.07, 6.45) is 5.17. The van der Waals surface area contributed by atoms with Gasteiger partial charge in [0.15, 0.2) is 0 Å². The maximum atomic E-state index is 13.2. The number of carboxylic acid groups (broad SMARTS) is 1. The van der Waals surface area contributed by atoms with E-state index in [2.05, 4.69) is 0 Å². The fourth-order valence-corrected chi connectivity index (χ4v) is 4.13. The van der Waals surface area contributed by atoms with Crippen LogP contribution in [0.4, 0.5) is 4.39 Å². The Bertz CT molecular complexity index is 485. The van der Waals surface area contributed by atoms with Crippen molar-refractivity contribution >= 4 is 5.97 Å². The Morgan fingerprint density at radius 2 is 2.21 bits per heavy atom. The molecule has 1 aromatic carbocycles. The smallest absolute Gasteiger partial charge is 0.307 e. The van der Waals surface area contributed by atoms with Gasteiger partial charge in [0.1, 0.15) is 5.82 Å². The van der Waals surface area contributed by atoms with E-state index >= 15 is 0 Å². The van der Waals surface area contributed by atoms with Crippen LogP contribution in [0.1, 0.15) is 31.2 Å². The number of halogens is 1. The lowest BCUT2D eigenvalue weighted by atomic mass is 9.77. The zero-order chi connectivity index (χ0) is 13.4. The van der Waals surface area contributed by atoms with E-state index in [1.165, 1.54) is 31.4 Å². The Morgan fingerprint density at radius 1 is 1.37 bits per heavy atom. The van der Waals surface area contributed by atoms with E-state index in [4.69, 9.17) is 0 Å². The maximum Gasteiger partial charge on any atom is 0.307 e. The van der Waals surface area contributed by atoms with Crippen LogP contribution in [-0.2, 0) is 11.2 Å². The predicted octanol–water partition coefficient (Wildman–Crippen LogP) is 3.51. The molecule has 0 amide bonds. The number of fused-ring (bicyclic) bond motifs is 2. The number of hydrogen-bond acceptors (Lipinski definition) is 1. The van der Waals surface area contributed by atoms with Gasteiger partial charge in [0.2, 0.25) is 0 Å². The molecule has 3 rings (SSSR count). The van der Waals surface area contributed by atoms with Gasteiger partial charge in [-0.2, -0.15) is 0 Å². The van der Waals surface area contributed by atoms with Crippen LogP contribution in [-0.4, -0.2) is 11.1 Å². The van der Waals surface area contributed by atoms with Gasteiger partial charge < -0.3 is 5.11 Å². The van der Waals surface area contributed by atoms with E-state index in [0.29, 0.717) is 18.3 Å². The second-order valence-electron chi connectivity index (χ2n) is 6.12. The van der Waals surface area contributed by atoms with Crippen molar-refractivity contribution in [2.45, 2.75) is 32.1 Å². The summed E-state index contributed by atoms with van der Waals surface area (Å²) in [6.45, 7) is 0. The third kappa shape index (κ3) is 2.51. The van der Waals surface area contributed by atoms with Gasteiger partial charge in [0.25, 0.3) is 0 Å². The molecule has 0 heterocycles. The first-order valence-electron chi connectivity index (χ1n) is 7.10. The molecule has 0 radical (unpaired) electrons. The second kappa shape index (κ2) is 4.95. The first-order chi connectivity index (χ1) is 9.13. The standard InChI is InChI=1S/C16H19FO2/c17-13-3-1-2-10(7-13)9-15(16(18)19)14-8-11-4-5-12(14)6-11/h1-3,7,11-12,14-15H,4-6,8-9H2,(H,18,19). The molecule has 2 aliphatic rings. The van der Waals surface area contributed by atoms with Crippen molar-refractivity contribution in [1.29, 1.82) is 0 Å². The minimum Gasteiger partial charge on any atom is -0.481 e. The quantitative estimate of drug-likeness (QED) is 0.901. The molecule has 2 fully saturated rings. The molecule has 0 aliphatic heterocycles. The number of carbonyl (C=O) groups is 1. The van der Waals surface area contributed by atoms with E-state index in [1.54, 1.807) is 6.07 Å². The van der Waals surface area contributed by atoms with Gasteiger partial charge in [-0.3, -0.25) is 4.79 Å². The van der Waals surface area contributed by atoms with Crippen molar-refractivity contribution in [2.24, 2.45) is 23.7 Å². The Balaban J connectivity index is 1.76. The molecule has 2 nitrogen and oxygen atoms in total. The molecule has 2 saturated carbocycles. The molecular weight excluding hydrogens is 243 g/mol. The minimum absolute atomic E-state index is 0.283. The third-order valence-electron chi connectivity index (χ3n) is 4.97. The SMILES string of the molecule is O=C(O)C(Cc1cccc(F)c1)C1CC2CCC1C2. The van der Waals surface area contributed by atoms with Gasteiger partial charge in [-0.05, 0) is 61.1 Å². The zero-order valence-corrected chi connectivity index (χ0v) is 10.9. The fraction of sp³-hybridized carbons (Fsp3) is 0.562. The Kier molecular flexibility index (Phi) is 3.29. The summed E-state index contributed by atoms with van der Waals surface area (Å²) in [5.41, 5.74) is 0.801. The van der Waals surface area contributed by atoms with E-state index in [-0.39, 0.29) is 11.7 Å². The van der Waals surface area contributed by atoms with Crippen LogP contribution in [0, 0.1) is 29.5 Å². The van der Waals surface area contributed by atoms with E-state index in [0.717, 1.165) is 17.9 Å². The molecule has 2 aliphatic carbocycles. The number of rotatable bonds is 4. The highest BCUT2D eigenvalue weighted by Crippen LogP contribution is 2.51. The maximum absolute atomic E-state index is 13.2. The first-order valence-corrected chi connectivity index (χ1v) is 7.10. The van der Waals surface area contributed by atoms with Crippen molar-refractivity contribution in [2.75, 3.05) is 0 Å². The van der Waals surface area contributed by atoms with Crippen LogP contribution in [0.25, 0.3) is 0 Å². The predicted molar refractivity (Wildman–Crippen MR) is 70.2 cm³/mol. The molecule has 1 N–H and O–H groups in total. The van der Waals surface area contributed by atoms with Gasteiger partial charge in [0.05, 0.1) is 5.92 Å². The summed E-state index contributed by atoms with van der Waals surface area (Å²) in [5.74, 6) is 0.261. The molecule has 0 saturated heterocycles. The summed E-state index contributed by atoms with van der Waals surface area (Å²) < 4.78 is 13.2. The Morgan fingerprint density at radius 3 is 2.79 bits per heavy atom. The molecular formula is C16H19FO2. The van der Waals surface area contributed by atoms with Crippen LogP contribution in [0.3, 0.4) is 0 Å². The van der Waals surface area contributed by atoms with Crippen molar-refractivity contribution < 1.29 is 14.3 Å². The van der Waals surface area contributed by atoms with Crippen molar-refractivity contribution in [3.8, 4) is 0 Å². The summed E-state index contributed by atoms with van der Waals surface area (Å²) in [4.78, 5) is 11.6. The van der Waals surface area contributed by atoms with Gasteiger partial charge in [-0.15, -0.1) is 0 Å². The Labute approximate surface area is 112 Å². The van der Waals surface area contributed by atoms with E-state index in [1.807, 2.05) is 6.07 Å². The summed E-state index contributed by atoms with van der Waals surface area (Å²) in [7, 11) is 0. The molecule has 1 aromatic rings. The molecule has 4 unspecified atom stereocenters. The number of hydrogen-bond donors (Lipinski definition) is 1. The van der Waals surface area contributed by atoms with Crippen molar-refractivity contribution in [3.63, 3.8) is 0 Å². The number of carboxylic acids is 1. The van der Waals surface area contributed by atoms with Crippen LogP contribution in [0.15, 0.2) is 24.3 Å². The first kappa shape index (κ1) is 12.6. The highest BCUT2D eigenvalue weighted by atomic mass is 19.1. The molecule has 102 valence electrons. The topological polar surface area (TPSA) is 37.3 Å². The lowest BCUT2D eigenvalue weighted by Crippen LogP contribution is -2.29. The van der Waals surface area contributed by atoms with Crippen molar-refractivity contribution in [3.05, 3.63) is 35.6 Å². The lowest BCUT2D eigenvalue weighted by molar-refractivity contribution is -0.144. The van der Waals surface area contributed by atoms with E-state index < -0.39 is 5.97 Å². The highest BCUT2D eigenvalue weighted by Gasteiger charge is 2.45. The van der Waals surface area contributed by atoms with Crippen LogP contribution in [0.2, 0.25) is 0 Å². The minimum atomic E-state index is -0.721. The molecule has 2 bridgehead atoms. The van der Waals surface area contributed by atoms with Crippen LogP contribution in [0.5, 0.6) is 0 Å².